The molecule has 0 aliphatic carbocycles. The summed E-state index contributed by atoms with van der Waals surface area (Å²) < 4.78 is 5.85. The van der Waals surface area contributed by atoms with Crippen LogP contribution in [0.3, 0.4) is 0 Å². The van der Waals surface area contributed by atoms with Crippen molar-refractivity contribution in [2.75, 3.05) is 33.8 Å². The van der Waals surface area contributed by atoms with E-state index in [2.05, 4.69) is 10.6 Å². The fraction of sp³-hybridized carbons (Fsp3) is 0.519. The Morgan fingerprint density at radius 3 is 2.25 bits per heavy atom. The van der Waals surface area contributed by atoms with Crippen molar-refractivity contribution in [3.8, 4) is 0 Å². The Morgan fingerprint density at radius 2 is 1.67 bits per heavy atom. The summed E-state index contributed by atoms with van der Waals surface area (Å²) in [5.41, 5.74) is 1.89. The summed E-state index contributed by atoms with van der Waals surface area (Å²) in [5.74, 6) is -2.63. The molecule has 0 spiro atoms. The third-order valence-corrected chi connectivity index (χ3v) is 5.94. The molecule has 3 atom stereocenters. The Balaban J connectivity index is 2.43. The van der Waals surface area contributed by atoms with Gasteiger partial charge in [-0.05, 0) is 49.2 Å². The average Bonchev–Trinajstić information content (AvgIpc) is 2.82. The summed E-state index contributed by atoms with van der Waals surface area (Å²) in [7, 11) is 3.73. The zero-order valence-corrected chi connectivity index (χ0v) is 22.1. The molecule has 2 aromatic carbocycles. The largest absolute Gasteiger partial charge is 0.366 e. The average molecular weight is 501 g/mol. The SMILES string of the molecule is CCNC(=O)[C@@H](NC(=O)[C@H](Cc1ccc2ccccc2c1)[C@H](OCCN(C)C)C(=O)NO)C(C)(C)C. The number of carbonyl (C=O) groups is 3. The Labute approximate surface area is 213 Å². The van der Waals surface area contributed by atoms with Crippen LogP contribution in [0.5, 0.6) is 0 Å². The van der Waals surface area contributed by atoms with Crippen LogP contribution in [-0.2, 0) is 25.5 Å². The second kappa shape index (κ2) is 13.3. The fourth-order valence-electron chi connectivity index (χ4n) is 3.96. The molecule has 198 valence electrons. The van der Waals surface area contributed by atoms with E-state index >= 15 is 0 Å². The third-order valence-electron chi connectivity index (χ3n) is 5.94. The van der Waals surface area contributed by atoms with Crippen molar-refractivity contribution in [3.63, 3.8) is 0 Å². The van der Waals surface area contributed by atoms with Crippen LogP contribution in [0.15, 0.2) is 42.5 Å². The van der Waals surface area contributed by atoms with Gasteiger partial charge in [0.1, 0.15) is 12.1 Å². The van der Waals surface area contributed by atoms with Crippen LogP contribution >= 0.6 is 0 Å². The molecule has 0 bridgehead atoms. The molecule has 4 N–H and O–H groups in total. The Hall–Kier alpha value is -3.01. The standard InChI is InChI=1S/C27H40N4O5/c1-7-28-26(34)23(27(2,3)4)29-24(32)21(22(25(33)30-35)36-15-14-31(5)6)17-18-12-13-19-10-8-9-11-20(19)16-18/h8-13,16,21-23,35H,7,14-15,17H2,1-6H3,(H,28,34)(H,29,32)(H,30,33)/t21-,22+,23-/m1/s1. The van der Waals surface area contributed by atoms with Gasteiger partial charge in [-0.1, -0.05) is 63.2 Å². The number of rotatable bonds is 12. The summed E-state index contributed by atoms with van der Waals surface area (Å²) >= 11 is 0. The van der Waals surface area contributed by atoms with Gasteiger partial charge in [0.15, 0.2) is 0 Å². The van der Waals surface area contributed by atoms with Gasteiger partial charge in [-0.15, -0.1) is 0 Å². The van der Waals surface area contributed by atoms with Gasteiger partial charge in [0, 0.05) is 13.1 Å². The van der Waals surface area contributed by atoms with Gasteiger partial charge < -0.3 is 20.3 Å². The fourth-order valence-corrected chi connectivity index (χ4v) is 3.96. The van der Waals surface area contributed by atoms with Crippen molar-refractivity contribution in [2.45, 2.75) is 46.3 Å². The van der Waals surface area contributed by atoms with Crippen LogP contribution < -0.4 is 16.1 Å². The van der Waals surface area contributed by atoms with Crippen LogP contribution in [0.2, 0.25) is 0 Å². The summed E-state index contributed by atoms with van der Waals surface area (Å²) in [4.78, 5) is 41.1. The topological polar surface area (TPSA) is 120 Å². The number of amides is 3. The summed E-state index contributed by atoms with van der Waals surface area (Å²) in [6.07, 6.45) is -1.10. The molecular formula is C27H40N4O5. The maximum atomic E-state index is 13.7. The number of likely N-dealkylation sites (N-methyl/N-ethyl adjacent to an activating group) is 2. The predicted molar refractivity (Wildman–Crippen MR) is 139 cm³/mol. The number of nitrogens with zero attached hydrogens (tertiary/aromatic N) is 1. The van der Waals surface area contributed by atoms with Crippen molar-refractivity contribution in [2.24, 2.45) is 11.3 Å². The molecule has 0 fully saturated rings. The molecule has 3 amide bonds. The van der Waals surface area contributed by atoms with E-state index in [0.29, 0.717) is 13.1 Å². The zero-order valence-electron chi connectivity index (χ0n) is 22.1. The van der Waals surface area contributed by atoms with E-state index in [1.165, 1.54) is 0 Å². The van der Waals surface area contributed by atoms with Crippen molar-refractivity contribution < 1.29 is 24.3 Å². The smallest absolute Gasteiger partial charge is 0.273 e. The Morgan fingerprint density at radius 1 is 1.00 bits per heavy atom. The lowest BCUT2D eigenvalue weighted by molar-refractivity contribution is -0.151. The van der Waals surface area contributed by atoms with Crippen molar-refractivity contribution in [3.05, 3.63) is 48.0 Å². The van der Waals surface area contributed by atoms with Crippen LogP contribution in [0, 0.1) is 11.3 Å². The van der Waals surface area contributed by atoms with Crippen molar-refractivity contribution in [1.82, 2.24) is 21.0 Å². The minimum atomic E-state index is -1.27. The highest BCUT2D eigenvalue weighted by molar-refractivity contribution is 5.93. The van der Waals surface area contributed by atoms with E-state index in [1.807, 2.05) is 89.2 Å². The molecule has 9 nitrogen and oxygen atoms in total. The second-order valence-corrected chi connectivity index (χ2v) is 10.3. The van der Waals surface area contributed by atoms with Gasteiger partial charge >= 0.3 is 0 Å². The van der Waals surface area contributed by atoms with E-state index in [-0.39, 0.29) is 18.9 Å². The Bertz CT molecular complexity index is 1030. The maximum Gasteiger partial charge on any atom is 0.273 e. The van der Waals surface area contributed by atoms with E-state index < -0.39 is 35.3 Å². The number of carbonyl (C=O) groups excluding carboxylic acids is 3. The van der Waals surface area contributed by atoms with Crippen LogP contribution in [0.1, 0.15) is 33.3 Å². The number of hydroxylamine groups is 1. The molecule has 0 saturated heterocycles. The molecule has 0 heterocycles. The highest BCUT2D eigenvalue weighted by Crippen LogP contribution is 2.24. The van der Waals surface area contributed by atoms with Gasteiger partial charge in [-0.3, -0.25) is 19.6 Å². The first-order valence-corrected chi connectivity index (χ1v) is 12.2. The molecule has 36 heavy (non-hydrogen) atoms. The number of nitrogens with one attached hydrogen (secondary N) is 3. The molecule has 0 aliphatic heterocycles. The van der Waals surface area contributed by atoms with E-state index in [9.17, 15) is 19.6 Å². The van der Waals surface area contributed by atoms with Gasteiger partial charge in [0.2, 0.25) is 11.8 Å². The zero-order chi connectivity index (χ0) is 26.9. The minimum Gasteiger partial charge on any atom is -0.366 e. The molecule has 0 aromatic heterocycles. The van der Waals surface area contributed by atoms with Crippen LogP contribution in [-0.4, -0.2) is 73.8 Å². The first-order chi connectivity index (χ1) is 17.0. The first kappa shape index (κ1) is 29.2. The highest BCUT2D eigenvalue weighted by atomic mass is 16.5. The molecule has 2 rings (SSSR count). The highest BCUT2D eigenvalue weighted by Gasteiger charge is 2.39. The first-order valence-electron chi connectivity index (χ1n) is 12.2. The number of ether oxygens (including phenoxy) is 1. The lowest BCUT2D eigenvalue weighted by Gasteiger charge is -2.33. The second-order valence-electron chi connectivity index (χ2n) is 10.3. The van der Waals surface area contributed by atoms with Crippen LogP contribution in [0.4, 0.5) is 0 Å². The quantitative estimate of drug-likeness (QED) is 0.262. The minimum absolute atomic E-state index is 0.170. The molecule has 9 heteroatoms. The Kier molecular flexibility index (Phi) is 10.8. The molecule has 0 radical (unpaired) electrons. The van der Waals surface area contributed by atoms with Crippen LogP contribution in [0.25, 0.3) is 10.8 Å². The number of hydrogen-bond donors (Lipinski definition) is 4. The maximum absolute atomic E-state index is 13.7. The summed E-state index contributed by atoms with van der Waals surface area (Å²) in [6, 6.07) is 12.9. The van der Waals surface area contributed by atoms with Gasteiger partial charge in [-0.2, -0.15) is 0 Å². The lowest BCUT2D eigenvalue weighted by Crippen LogP contribution is -2.57. The van der Waals surface area contributed by atoms with Gasteiger partial charge in [-0.25, -0.2) is 5.48 Å². The monoisotopic (exact) mass is 500 g/mol. The van der Waals surface area contributed by atoms with Crippen molar-refractivity contribution >= 4 is 28.5 Å². The molecule has 0 aliphatic rings. The predicted octanol–water partition coefficient (Wildman–Crippen LogP) is 2.12. The summed E-state index contributed by atoms with van der Waals surface area (Å²) in [6.45, 7) is 8.49. The molecule has 2 aromatic rings. The van der Waals surface area contributed by atoms with Crippen molar-refractivity contribution in [1.29, 1.82) is 0 Å². The normalized spacial score (nSPS) is 14.2. The third kappa shape index (κ3) is 8.29. The lowest BCUT2D eigenvalue weighted by atomic mass is 9.84. The van der Waals surface area contributed by atoms with E-state index in [0.717, 1.165) is 16.3 Å². The number of fused-ring (bicyclic) bond motifs is 1. The van der Waals surface area contributed by atoms with Gasteiger partial charge in [0.05, 0.1) is 12.5 Å². The van der Waals surface area contributed by atoms with E-state index in [4.69, 9.17) is 4.74 Å². The molecular weight excluding hydrogens is 460 g/mol. The molecule has 0 unspecified atom stereocenters. The van der Waals surface area contributed by atoms with E-state index in [1.54, 1.807) is 5.48 Å². The summed E-state index contributed by atoms with van der Waals surface area (Å²) in [5, 5.41) is 17.1. The van der Waals surface area contributed by atoms with Gasteiger partial charge in [0.25, 0.3) is 5.91 Å². The number of benzene rings is 2. The number of hydrogen-bond acceptors (Lipinski definition) is 6. The molecule has 0 saturated carbocycles.